The number of nitriles is 1. The predicted octanol–water partition coefficient (Wildman–Crippen LogP) is 2.18. The molecule has 0 aliphatic rings. The van der Waals surface area contributed by atoms with Crippen molar-refractivity contribution in [2.45, 2.75) is 26.8 Å². The minimum absolute atomic E-state index is 0.0223. The molecule has 0 fully saturated rings. The van der Waals surface area contributed by atoms with Crippen LogP contribution in [-0.2, 0) is 0 Å². The maximum absolute atomic E-state index is 12.0. The van der Waals surface area contributed by atoms with Gasteiger partial charge in [0.1, 0.15) is 11.6 Å². The number of hydrogen-bond donors (Lipinski definition) is 1. The van der Waals surface area contributed by atoms with Gasteiger partial charge in [-0.1, -0.05) is 19.9 Å². The molecule has 0 aliphatic carbocycles. The Labute approximate surface area is 111 Å². The zero-order valence-corrected chi connectivity index (χ0v) is 11.0. The number of nitro groups is 1. The van der Waals surface area contributed by atoms with Gasteiger partial charge in [0, 0.05) is 6.07 Å². The molecule has 100 valence electrons. The number of nitrogens with one attached hydrogen (secondary N) is 1. The van der Waals surface area contributed by atoms with E-state index >= 15 is 0 Å². The molecule has 0 bridgehead atoms. The van der Waals surface area contributed by atoms with Gasteiger partial charge < -0.3 is 5.32 Å². The molecule has 0 saturated heterocycles. The van der Waals surface area contributed by atoms with Crippen LogP contribution in [-0.4, -0.2) is 16.9 Å². The number of nitrogens with zero attached hydrogens (tertiary/aromatic N) is 2. The first-order valence-corrected chi connectivity index (χ1v) is 5.82. The second kappa shape index (κ2) is 5.96. The fourth-order valence-electron chi connectivity index (χ4n) is 1.56. The van der Waals surface area contributed by atoms with Crippen molar-refractivity contribution in [3.8, 4) is 6.07 Å². The summed E-state index contributed by atoms with van der Waals surface area (Å²) in [5, 5.41) is 22.3. The predicted molar refractivity (Wildman–Crippen MR) is 69.5 cm³/mol. The molecule has 1 aromatic rings. The highest BCUT2D eigenvalue weighted by Crippen LogP contribution is 2.20. The first-order valence-electron chi connectivity index (χ1n) is 5.82. The summed E-state index contributed by atoms with van der Waals surface area (Å²) in [5.74, 6) is -0.673. The van der Waals surface area contributed by atoms with Crippen LogP contribution in [0, 0.1) is 34.3 Å². The molecule has 0 radical (unpaired) electrons. The van der Waals surface area contributed by atoms with Gasteiger partial charge in [-0.05, 0) is 24.5 Å². The molecule has 1 N–H and O–H groups in total. The molecular formula is C13H15N3O3. The van der Waals surface area contributed by atoms with Crippen LogP contribution >= 0.6 is 0 Å². The van der Waals surface area contributed by atoms with E-state index in [1.807, 2.05) is 6.07 Å². The van der Waals surface area contributed by atoms with Crippen molar-refractivity contribution >= 4 is 11.6 Å². The largest absolute Gasteiger partial charge is 0.336 e. The van der Waals surface area contributed by atoms with Gasteiger partial charge in [0.2, 0.25) is 0 Å². The van der Waals surface area contributed by atoms with Gasteiger partial charge in [-0.3, -0.25) is 14.9 Å². The van der Waals surface area contributed by atoms with Crippen molar-refractivity contribution in [2.24, 2.45) is 5.92 Å². The van der Waals surface area contributed by atoms with Crippen LogP contribution in [0.5, 0.6) is 0 Å². The van der Waals surface area contributed by atoms with E-state index in [0.717, 1.165) is 5.56 Å². The number of carbonyl (C=O) groups is 1. The lowest BCUT2D eigenvalue weighted by atomic mass is 10.0. The maximum atomic E-state index is 12.0. The van der Waals surface area contributed by atoms with Crippen LogP contribution < -0.4 is 5.32 Å². The summed E-state index contributed by atoms with van der Waals surface area (Å²) in [5.41, 5.74) is 0.461. The van der Waals surface area contributed by atoms with Gasteiger partial charge in [-0.25, -0.2) is 0 Å². The van der Waals surface area contributed by atoms with Gasteiger partial charge in [0.15, 0.2) is 0 Å². The Kier molecular flexibility index (Phi) is 4.59. The summed E-state index contributed by atoms with van der Waals surface area (Å²) < 4.78 is 0. The summed E-state index contributed by atoms with van der Waals surface area (Å²) in [6.45, 7) is 5.32. The smallest absolute Gasteiger partial charge is 0.282 e. The molecule has 0 aliphatic heterocycles. The lowest BCUT2D eigenvalue weighted by Crippen LogP contribution is -2.37. The molecular weight excluding hydrogens is 246 g/mol. The van der Waals surface area contributed by atoms with Gasteiger partial charge in [0.05, 0.1) is 11.0 Å². The summed E-state index contributed by atoms with van der Waals surface area (Å²) >= 11 is 0. The van der Waals surface area contributed by atoms with Crippen LogP contribution in [0.1, 0.15) is 29.8 Å². The third kappa shape index (κ3) is 3.52. The third-order valence-corrected chi connectivity index (χ3v) is 2.69. The Bertz CT molecular complexity index is 547. The zero-order valence-electron chi connectivity index (χ0n) is 11.0. The maximum Gasteiger partial charge on any atom is 0.282 e. The van der Waals surface area contributed by atoms with E-state index in [-0.39, 0.29) is 17.2 Å². The van der Waals surface area contributed by atoms with E-state index in [1.54, 1.807) is 26.8 Å². The number of rotatable bonds is 4. The molecule has 1 amide bonds. The Hall–Kier alpha value is -2.42. The lowest BCUT2D eigenvalue weighted by molar-refractivity contribution is -0.385. The molecule has 0 saturated carbocycles. The van der Waals surface area contributed by atoms with Crippen molar-refractivity contribution in [3.05, 3.63) is 39.4 Å². The van der Waals surface area contributed by atoms with Crippen LogP contribution in [0.4, 0.5) is 5.69 Å². The second-order valence-corrected chi connectivity index (χ2v) is 4.60. The fourth-order valence-corrected chi connectivity index (χ4v) is 1.56. The standard InChI is InChI=1S/C13H15N3O3/c1-8(2)11(7-14)15-13(17)10-6-9(3)4-5-12(10)16(18)19/h4-6,8,11H,1-3H3,(H,15,17). The van der Waals surface area contributed by atoms with Crippen molar-refractivity contribution < 1.29 is 9.72 Å². The van der Waals surface area contributed by atoms with Crippen molar-refractivity contribution in [1.29, 1.82) is 5.26 Å². The number of carbonyl (C=O) groups excluding carboxylic acids is 1. The van der Waals surface area contributed by atoms with Crippen molar-refractivity contribution in [1.82, 2.24) is 5.32 Å². The van der Waals surface area contributed by atoms with Gasteiger partial charge in [-0.2, -0.15) is 5.26 Å². The van der Waals surface area contributed by atoms with Crippen LogP contribution in [0.25, 0.3) is 0 Å². The molecule has 0 spiro atoms. The molecule has 1 atom stereocenters. The van der Waals surface area contributed by atoms with E-state index < -0.39 is 16.9 Å². The first kappa shape index (κ1) is 14.6. The van der Waals surface area contributed by atoms with E-state index in [4.69, 9.17) is 5.26 Å². The van der Waals surface area contributed by atoms with Gasteiger partial charge in [0.25, 0.3) is 11.6 Å². The summed E-state index contributed by atoms with van der Waals surface area (Å²) in [7, 11) is 0. The van der Waals surface area contributed by atoms with Gasteiger partial charge >= 0.3 is 0 Å². The third-order valence-electron chi connectivity index (χ3n) is 2.69. The SMILES string of the molecule is Cc1ccc([N+](=O)[O-])c(C(=O)NC(C#N)C(C)C)c1. The molecule has 1 unspecified atom stereocenters. The Balaban J connectivity index is 3.09. The number of aryl methyl sites for hydroxylation is 1. The van der Waals surface area contributed by atoms with Crippen LogP contribution in [0.2, 0.25) is 0 Å². The summed E-state index contributed by atoms with van der Waals surface area (Å²) in [6, 6.07) is 5.60. The first-order chi connectivity index (χ1) is 8.86. The Morgan fingerprint density at radius 3 is 2.58 bits per heavy atom. The molecule has 6 heteroatoms. The summed E-state index contributed by atoms with van der Waals surface area (Å²) in [4.78, 5) is 22.3. The Morgan fingerprint density at radius 2 is 2.11 bits per heavy atom. The number of benzene rings is 1. The normalized spacial score (nSPS) is 11.7. The number of hydrogen-bond acceptors (Lipinski definition) is 4. The highest BCUT2D eigenvalue weighted by atomic mass is 16.6. The minimum atomic E-state index is -0.674. The fraction of sp³-hybridized carbons (Fsp3) is 0.385. The quantitative estimate of drug-likeness (QED) is 0.663. The second-order valence-electron chi connectivity index (χ2n) is 4.60. The molecule has 1 rings (SSSR count). The molecule has 19 heavy (non-hydrogen) atoms. The molecule has 0 aromatic heterocycles. The zero-order chi connectivity index (χ0) is 14.6. The average Bonchev–Trinajstić information content (AvgIpc) is 2.34. The topological polar surface area (TPSA) is 96.0 Å². The average molecular weight is 261 g/mol. The number of nitro benzene ring substituents is 1. The highest BCUT2D eigenvalue weighted by Gasteiger charge is 2.23. The van der Waals surface area contributed by atoms with Crippen LogP contribution in [0.15, 0.2) is 18.2 Å². The lowest BCUT2D eigenvalue weighted by Gasteiger charge is -2.15. The minimum Gasteiger partial charge on any atom is -0.336 e. The number of amides is 1. The van der Waals surface area contributed by atoms with E-state index in [9.17, 15) is 14.9 Å². The highest BCUT2D eigenvalue weighted by molar-refractivity contribution is 5.98. The van der Waals surface area contributed by atoms with Crippen molar-refractivity contribution in [3.63, 3.8) is 0 Å². The molecule has 0 heterocycles. The van der Waals surface area contributed by atoms with E-state index in [0.29, 0.717) is 0 Å². The van der Waals surface area contributed by atoms with Crippen LogP contribution in [0.3, 0.4) is 0 Å². The van der Waals surface area contributed by atoms with Gasteiger partial charge in [-0.15, -0.1) is 0 Å². The molecule has 6 nitrogen and oxygen atoms in total. The Morgan fingerprint density at radius 1 is 1.47 bits per heavy atom. The molecule has 1 aromatic carbocycles. The van der Waals surface area contributed by atoms with E-state index in [1.165, 1.54) is 12.1 Å². The van der Waals surface area contributed by atoms with Crippen molar-refractivity contribution in [2.75, 3.05) is 0 Å². The monoisotopic (exact) mass is 261 g/mol. The summed E-state index contributed by atoms with van der Waals surface area (Å²) in [6.07, 6.45) is 0. The van der Waals surface area contributed by atoms with E-state index in [2.05, 4.69) is 5.32 Å².